The zero-order valence-corrected chi connectivity index (χ0v) is 10.1. The Balaban J connectivity index is 2.43. The largest absolute Gasteiger partial charge is 0.323 e. The molecule has 0 aromatic carbocycles. The van der Waals surface area contributed by atoms with E-state index in [1.165, 1.54) is 19.3 Å². The lowest BCUT2D eigenvalue weighted by Crippen LogP contribution is -2.11. The molecule has 0 unspecified atom stereocenters. The molecule has 2 N–H and O–H groups in total. The van der Waals surface area contributed by atoms with Crippen LogP contribution in [-0.2, 0) is 0 Å². The monoisotopic (exact) mass is 256 g/mol. The number of nitrogens with zero attached hydrogens (tertiary/aromatic N) is 1. The Kier molecular flexibility index (Phi) is 5.12. The molecule has 0 radical (unpaired) electrons. The van der Waals surface area contributed by atoms with E-state index < -0.39 is 0 Å². The summed E-state index contributed by atoms with van der Waals surface area (Å²) in [5.74, 6) is 0. The van der Waals surface area contributed by atoms with Crippen molar-refractivity contribution in [1.29, 1.82) is 0 Å². The molecule has 14 heavy (non-hydrogen) atoms. The Morgan fingerprint density at radius 1 is 1.43 bits per heavy atom. The zero-order valence-electron chi connectivity index (χ0n) is 8.54. The molecule has 0 amide bonds. The molecule has 0 fully saturated rings. The van der Waals surface area contributed by atoms with E-state index in [-0.39, 0.29) is 6.04 Å². The molecule has 1 atom stereocenters. The predicted molar refractivity (Wildman–Crippen MR) is 63.0 cm³/mol. The lowest BCUT2D eigenvalue weighted by atomic mass is 10.1. The van der Waals surface area contributed by atoms with Gasteiger partial charge in [-0.1, -0.05) is 26.2 Å². The summed E-state index contributed by atoms with van der Waals surface area (Å²) in [5, 5.41) is 0. The first-order valence-corrected chi connectivity index (χ1v) is 5.90. The van der Waals surface area contributed by atoms with Crippen molar-refractivity contribution < 1.29 is 0 Å². The summed E-state index contributed by atoms with van der Waals surface area (Å²) >= 11 is 3.36. The van der Waals surface area contributed by atoms with E-state index in [0.717, 1.165) is 16.6 Å². The molecule has 1 rings (SSSR count). The average Bonchev–Trinajstić information content (AvgIpc) is 2.19. The van der Waals surface area contributed by atoms with Crippen LogP contribution in [0.5, 0.6) is 0 Å². The minimum Gasteiger partial charge on any atom is -0.323 e. The van der Waals surface area contributed by atoms with E-state index in [1.807, 2.05) is 12.1 Å². The van der Waals surface area contributed by atoms with Crippen molar-refractivity contribution in [2.75, 3.05) is 0 Å². The second kappa shape index (κ2) is 6.14. The summed E-state index contributed by atoms with van der Waals surface area (Å²) < 4.78 is 1.00. The second-order valence-corrected chi connectivity index (χ2v) is 4.42. The topological polar surface area (TPSA) is 38.9 Å². The smallest absolute Gasteiger partial charge is 0.0571 e. The van der Waals surface area contributed by atoms with Crippen molar-refractivity contribution in [1.82, 2.24) is 4.98 Å². The Morgan fingerprint density at radius 2 is 2.21 bits per heavy atom. The first-order valence-electron chi connectivity index (χ1n) is 5.11. The highest BCUT2D eigenvalue weighted by molar-refractivity contribution is 9.10. The molecule has 0 bridgehead atoms. The van der Waals surface area contributed by atoms with Gasteiger partial charge in [0.1, 0.15) is 0 Å². The van der Waals surface area contributed by atoms with Crippen LogP contribution in [0.25, 0.3) is 0 Å². The van der Waals surface area contributed by atoms with Gasteiger partial charge in [-0.2, -0.15) is 0 Å². The van der Waals surface area contributed by atoms with Crippen LogP contribution in [0.4, 0.5) is 0 Å². The minimum atomic E-state index is 0.0923. The SMILES string of the molecule is CCCCC[C@@H](N)c1ccc(Br)cn1. The normalized spacial score (nSPS) is 12.8. The van der Waals surface area contributed by atoms with Crippen LogP contribution in [-0.4, -0.2) is 4.98 Å². The lowest BCUT2D eigenvalue weighted by Gasteiger charge is -2.10. The summed E-state index contributed by atoms with van der Waals surface area (Å²) in [5.41, 5.74) is 7.00. The fraction of sp³-hybridized carbons (Fsp3) is 0.545. The number of nitrogens with two attached hydrogens (primary N) is 1. The first kappa shape index (κ1) is 11.7. The van der Waals surface area contributed by atoms with Crippen molar-refractivity contribution in [2.45, 2.75) is 38.6 Å². The van der Waals surface area contributed by atoms with Gasteiger partial charge in [-0.3, -0.25) is 4.98 Å². The van der Waals surface area contributed by atoms with E-state index in [4.69, 9.17) is 5.73 Å². The molecule has 78 valence electrons. The number of aromatic nitrogens is 1. The van der Waals surface area contributed by atoms with Gasteiger partial charge in [0.15, 0.2) is 0 Å². The summed E-state index contributed by atoms with van der Waals surface area (Å²) in [4.78, 5) is 4.29. The van der Waals surface area contributed by atoms with E-state index >= 15 is 0 Å². The van der Waals surface area contributed by atoms with Crippen molar-refractivity contribution in [2.24, 2.45) is 5.73 Å². The molecule has 0 saturated carbocycles. The number of rotatable bonds is 5. The molecule has 2 nitrogen and oxygen atoms in total. The van der Waals surface area contributed by atoms with Gasteiger partial charge in [0.2, 0.25) is 0 Å². The maximum Gasteiger partial charge on any atom is 0.0571 e. The van der Waals surface area contributed by atoms with Gasteiger partial charge in [0.25, 0.3) is 0 Å². The maximum absolute atomic E-state index is 6.01. The highest BCUT2D eigenvalue weighted by Crippen LogP contribution is 2.17. The van der Waals surface area contributed by atoms with Crippen molar-refractivity contribution in [3.63, 3.8) is 0 Å². The summed E-state index contributed by atoms with van der Waals surface area (Å²) in [6, 6.07) is 4.07. The predicted octanol–water partition coefficient (Wildman–Crippen LogP) is 3.42. The van der Waals surface area contributed by atoms with Crippen LogP contribution in [0.1, 0.15) is 44.3 Å². The Hall–Kier alpha value is -0.410. The fourth-order valence-corrected chi connectivity index (χ4v) is 1.60. The molecule has 0 aliphatic carbocycles. The van der Waals surface area contributed by atoms with Crippen LogP contribution in [0.15, 0.2) is 22.8 Å². The van der Waals surface area contributed by atoms with Gasteiger partial charge in [-0.15, -0.1) is 0 Å². The molecule has 0 aliphatic rings. The summed E-state index contributed by atoms with van der Waals surface area (Å²) in [7, 11) is 0. The van der Waals surface area contributed by atoms with Crippen LogP contribution in [0.3, 0.4) is 0 Å². The molecular weight excluding hydrogens is 240 g/mol. The van der Waals surface area contributed by atoms with Gasteiger partial charge in [-0.25, -0.2) is 0 Å². The van der Waals surface area contributed by atoms with Crippen LogP contribution >= 0.6 is 15.9 Å². The highest BCUT2D eigenvalue weighted by Gasteiger charge is 2.06. The van der Waals surface area contributed by atoms with Crippen molar-refractivity contribution in [3.05, 3.63) is 28.5 Å². The minimum absolute atomic E-state index is 0.0923. The van der Waals surface area contributed by atoms with E-state index in [2.05, 4.69) is 27.8 Å². The van der Waals surface area contributed by atoms with Gasteiger partial charge >= 0.3 is 0 Å². The number of pyridine rings is 1. The molecule has 0 saturated heterocycles. The molecule has 1 aromatic heterocycles. The Bertz CT molecular complexity index is 258. The third-order valence-corrected chi connectivity index (χ3v) is 2.72. The molecule has 1 aromatic rings. The summed E-state index contributed by atoms with van der Waals surface area (Å²) in [6.45, 7) is 2.20. The third-order valence-electron chi connectivity index (χ3n) is 2.25. The standard InChI is InChI=1S/C11H17BrN2/c1-2-3-4-5-10(13)11-7-6-9(12)8-14-11/h6-8,10H,2-5,13H2,1H3/t10-/m1/s1. The summed E-state index contributed by atoms with van der Waals surface area (Å²) in [6.07, 6.45) is 6.51. The van der Waals surface area contributed by atoms with Crippen LogP contribution in [0.2, 0.25) is 0 Å². The van der Waals surface area contributed by atoms with Gasteiger partial charge < -0.3 is 5.73 Å². The average molecular weight is 257 g/mol. The van der Waals surface area contributed by atoms with Gasteiger partial charge in [0, 0.05) is 16.7 Å². The first-order chi connectivity index (χ1) is 6.74. The number of unbranched alkanes of at least 4 members (excludes halogenated alkanes) is 2. The quantitative estimate of drug-likeness (QED) is 0.821. The maximum atomic E-state index is 6.01. The zero-order chi connectivity index (χ0) is 10.4. The van der Waals surface area contributed by atoms with E-state index in [0.29, 0.717) is 0 Å². The Labute approximate surface area is 94.0 Å². The highest BCUT2D eigenvalue weighted by atomic mass is 79.9. The molecular formula is C11H17BrN2. The lowest BCUT2D eigenvalue weighted by molar-refractivity contribution is 0.570. The second-order valence-electron chi connectivity index (χ2n) is 3.50. The third kappa shape index (κ3) is 3.76. The van der Waals surface area contributed by atoms with Crippen LogP contribution in [0, 0.1) is 0 Å². The number of hydrogen-bond donors (Lipinski definition) is 1. The fourth-order valence-electron chi connectivity index (χ4n) is 1.37. The number of hydrogen-bond acceptors (Lipinski definition) is 2. The Morgan fingerprint density at radius 3 is 2.79 bits per heavy atom. The van der Waals surface area contributed by atoms with Gasteiger partial charge in [-0.05, 0) is 34.5 Å². The molecule has 1 heterocycles. The van der Waals surface area contributed by atoms with Crippen molar-refractivity contribution in [3.8, 4) is 0 Å². The van der Waals surface area contributed by atoms with Crippen LogP contribution < -0.4 is 5.73 Å². The van der Waals surface area contributed by atoms with Gasteiger partial charge in [0.05, 0.1) is 5.69 Å². The molecule has 0 aliphatic heterocycles. The number of halogens is 1. The molecule has 0 spiro atoms. The molecule has 3 heteroatoms. The van der Waals surface area contributed by atoms with E-state index in [9.17, 15) is 0 Å². The van der Waals surface area contributed by atoms with E-state index in [1.54, 1.807) is 6.20 Å². The van der Waals surface area contributed by atoms with Crippen molar-refractivity contribution >= 4 is 15.9 Å².